The Morgan fingerprint density at radius 3 is 2.60 bits per heavy atom. The third-order valence-corrected chi connectivity index (χ3v) is 3.63. The molecule has 0 spiro atoms. The van der Waals surface area contributed by atoms with Gasteiger partial charge in [-0.15, -0.1) is 0 Å². The van der Waals surface area contributed by atoms with Crippen LogP contribution in [0.1, 0.15) is 25.0 Å². The average Bonchev–Trinajstić information content (AvgIpc) is 2.60. The fourth-order valence-corrected chi connectivity index (χ4v) is 2.24. The summed E-state index contributed by atoms with van der Waals surface area (Å²) >= 11 is 5.95. The lowest BCUT2D eigenvalue weighted by molar-refractivity contribution is -0.127. The van der Waals surface area contributed by atoms with Crippen LogP contribution in [0.5, 0.6) is 5.75 Å². The Balaban J connectivity index is 1.99. The van der Waals surface area contributed by atoms with Crippen LogP contribution in [0.2, 0.25) is 5.02 Å². The number of hydrogen-bond donors (Lipinski definition) is 1. The molecule has 0 bridgehead atoms. The van der Waals surface area contributed by atoms with Gasteiger partial charge in [0.2, 0.25) is 0 Å². The first-order valence-electron chi connectivity index (χ1n) is 7.37. The van der Waals surface area contributed by atoms with Gasteiger partial charge in [0.25, 0.3) is 5.91 Å². The van der Waals surface area contributed by atoms with Gasteiger partial charge in [-0.25, -0.2) is 9.82 Å². The summed E-state index contributed by atoms with van der Waals surface area (Å²) in [4.78, 5) is 12.1. The first-order valence-corrected chi connectivity index (χ1v) is 7.75. The monoisotopic (exact) mass is 359 g/mol. The number of rotatable bonds is 5. The van der Waals surface area contributed by atoms with Crippen molar-refractivity contribution in [2.75, 3.05) is 0 Å². The van der Waals surface area contributed by atoms with Crippen molar-refractivity contribution in [2.24, 2.45) is 5.10 Å². The Kier molecular flexibility index (Phi) is 6.09. The van der Waals surface area contributed by atoms with Gasteiger partial charge >= 0.3 is 0 Å². The van der Waals surface area contributed by atoms with Gasteiger partial charge in [-0.3, -0.25) is 4.79 Å². The zero-order valence-electron chi connectivity index (χ0n) is 13.6. The second kappa shape index (κ2) is 8.27. The van der Waals surface area contributed by atoms with E-state index in [0.29, 0.717) is 22.6 Å². The highest BCUT2D eigenvalue weighted by Gasteiger charge is 2.14. The molecule has 0 aliphatic carbocycles. The second-order valence-corrected chi connectivity index (χ2v) is 5.60. The smallest absolute Gasteiger partial charge is 0.280 e. The van der Waals surface area contributed by atoms with Gasteiger partial charge in [0.05, 0.1) is 22.4 Å². The lowest BCUT2D eigenvalue weighted by atomic mass is 10.1. The molecule has 0 saturated carbocycles. The van der Waals surface area contributed by atoms with E-state index in [9.17, 15) is 9.18 Å². The number of carbonyl (C=O) groups excluding carboxylic acids is 1. The first kappa shape index (κ1) is 18.4. The summed E-state index contributed by atoms with van der Waals surface area (Å²) in [6.07, 6.45) is -0.798. The van der Waals surface area contributed by atoms with Crippen LogP contribution in [-0.2, 0) is 4.79 Å². The normalized spacial score (nSPS) is 12.2. The number of amides is 1. The Hall–Kier alpha value is -2.91. The molecule has 0 aliphatic rings. The lowest BCUT2D eigenvalue weighted by Crippen LogP contribution is -2.33. The molecule has 0 radical (unpaired) electrons. The molecule has 0 fully saturated rings. The highest BCUT2D eigenvalue weighted by molar-refractivity contribution is 6.34. The largest absolute Gasteiger partial charge is 0.481 e. The van der Waals surface area contributed by atoms with Gasteiger partial charge in [-0.05, 0) is 56.3 Å². The molecule has 2 rings (SSSR count). The van der Waals surface area contributed by atoms with Crippen molar-refractivity contribution >= 4 is 23.2 Å². The summed E-state index contributed by atoms with van der Waals surface area (Å²) in [5.41, 5.74) is 3.84. The third kappa shape index (κ3) is 5.03. The molecule has 128 valence electrons. The molecule has 0 unspecified atom stereocenters. The number of nitrogens with one attached hydrogen (secondary N) is 1. The first-order chi connectivity index (χ1) is 11.9. The van der Waals surface area contributed by atoms with Gasteiger partial charge in [0, 0.05) is 5.56 Å². The number of ether oxygens (including phenoxy) is 1. The second-order valence-electron chi connectivity index (χ2n) is 5.19. The van der Waals surface area contributed by atoms with E-state index in [1.807, 2.05) is 6.07 Å². The van der Waals surface area contributed by atoms with Gasteiger partial charge in [-0.2, -0.15) is 10.4 Å². The zero-order chi connectivity index (χ0) is 18.4. The van der Waals surface area contributed by atoms with Crippen LogP contribution in [0.3, 0.4) is 0 Å². The van der Waals surface area contributed by atoms with Crippen LogP contribution < -0.4 is 10.2 Å². The molecule has 5 nitrogen and oxygen atoms in total. The van der Waals surface area contributed by atoms with Crippen molar-refractivity contribution in [3.8, 4) is 11.8 Å². The van der Waals surface area contributed by atoms with Gasteiger partial charge < -0.3 is 4.74 Å². The number of hydrazone groups is 1. The maximum Gasteiger partial charge on any atom is 0.280 e. The Morgan fingerprint density at radius 2 is 2.00 bits per heavy atom. The molecular weight excluding hydrogens is 345 g/mol. The maximum atomic E-state index is 13.1. The molecular formula is C18H15ClFN3O2. The number of hydrogen-bond acceptors (Lipinski definition) is 4. The molecule has 2 aromatic rings. The number of halogens is 2. The fourth-order valence-electron chi connectivity index (χ4n) is 1.94. The maximum absolute atomic E-state index is 13.1. The Labute approximate surface area is 149 Å². The van der Waals surface area contributed by atoms with Crippen molar-refractivity contribution in [3.05, 3.63) is 64.4 Å². The molecule has 0 saturated heterocycles. The summed E-state index contributed by atoms with van der Waals surface area (Å²) in [7, 11) is 0. The average molecular weight is 360 g/mol. The minimum atomic E-state index is -0.798. The molecule has 0 aromatic heterocycles. The van der Waals surface area contributed by atoms with Gasteiger partial charge in [-0.1, -0.05) is 11.6 Å². The predicted octanol–water partition coefficient (Wildman–Crippen LogP) is 3.66. The van der Waals surface area contributed by atoms with E-state index in [2.05, 4.69) is 10.5 Å². The molecule has 1 N–H and O–H groups in total. The third-order valence-electron chi connectivity index (χ3n) is 3.32. The summed E-state index contributed by atoms with van der Waals surface area (Å²) in [5, 5.41) is 12.9. The molecule has 0 aliphatic heterocycles. The van der Waals surface area contributed by atoms with E-state index in [4.69, 9.17) is 21.6 Å². The molecule has 2 aromatic carbocycles. The molecule has 1 atom stereocenters. The lowest BCUT2D eigenvalue weighted by Gasteiger charge is -2.13. The van der Waals surface area contributed by atoms with Crippen molar-refractivity contribution in [2.45, 2.75) is 20.0 Å². The van der Waals surface area contributed by atoms with Crippen molar-refractivity contribution < 1.29 is 13.9 Å². The van der Waals surface area contributed by atoms with E-state index >= 15 is 0 Å². The highest BCUT2D eigenvalue weighted by Crippen LogP contribution is 2.18. The number of carbonyl (C=O) groups is 1. The molecule has 0 heterocycles. The number of benzene rings is 2. The van der Waals surface area contributed by atoms with Crippen LogP contribution in [-0.4, -0.2) is 17.7 Å². The summed E-state index contributed by atoms with van der Waals surface area (Å²) in [6.45, 7) is 3.22. The predicted molar refractivity (Wildman–Crippen MR) is 93.0 cm³/mol. The minimum Gasteiger partial charge on any atom is -0.481 e. The minimum absolute atomic E-state index is 0.206. The van der Waals surface area contributed by atoms with E-state index in [0.717, 1.165) is 0 Å². The van der Waals surface area contributed by atoms with Gasteiger partial charge in [0.15, 0.2) is 6.10 Å². The highest BCUT2D eigenvalue weighted by atomic mass is 35.5. The van der Waals surface area contributed by atoms with E-state index in [1.165, 1.54) is 18.2 Å². The number of nitrogens with zero attached hydrogens (tertiary/aromatic N) is 2. The summed E-state index contributed by atoms with van der Waals surface area (Å²) < 4.78 is 18.5. The van der Waals surface area contributed by atoms with Crippen LogP contribution in [0, 0.1) is 17.1 Å². The van der Waals surface area contributed by atoms with Crippen LogP contribution in [0.15, 0.2) is 47.6 Å². The van der Waals surface area contributed by atoms with E-state index in [1.54, 1.807) is 38.1 Å². The van der Waals surface area contributed by atoms with E-state index in [-0.39, 0.29) is 5.02 Å². The van der Waals surface area contributed by atoms with Gasteiger partial charge in [0.1, 0.15) is 11.6 Å². The van der Waals surface area contributed by atoms with Crippen LogP contribution in [0.25, 0.3) is 0 Å². The summed E-state index contributed by atoms with van der Waals surface area (Å²) in [5.74, 6) is -0.444. The standard InChI is InChI=1S/C18H15ClFN3O2/c1-11(16-8-5-14(20)9-17(16)19)22-23-18(24)12(2)25-15-6-3-13(10-21)4-7-15/h3-9,12H,1-2H3,(H,23,24)/b22-11-/t12-/m0/s1. The van der Waals surface area contributed by atoms with Crippen LogP contribution in [0.4, 0.5) is 4.39 Å². The Morgan fingerprint density at radius 1 is 1.32 bits per heavy atom. The molecule has 25 heavy (non-hydrogen) atoms. The van der Waals surface area contributed by atoms with Crippen molar-refractivity contribution in [1.29, 1.82) is 5.26 Å². The quantitative estimate of drug-likeness (QED) is 0.654. The topological polar surface area (TPSA) is 74.5 Å². The van der Waals surface area contributed by atoms with Crippen molar-refractivity contribution in [3.63, 3.8) is 0 Å². The summed E-state index contributed by atoms with van der Waals surface area (Å²) in [6, 6.07) is 12.3. The SMILES string of the molecule is C/C(=N/NC(=O)[C@H](C)Oc1ccc(C#N)cc1)c1ccc(F)cc1Cl. The van der Waals surface area contributed by atoms with Crippen LogP contribution >= 0.6 is 11.6 Å². The van der Waals surface area contributed by atoms with E-state index < -0.39 is 17.8 Å². The zero-order valence-corrected chi connectivity index (χ0v) is 14.3. The van der Waals surface area contributed by atoms with Crippen molar-refractivity contribution in [1.82, 2.24) is 5.43 Å². The molecule has 1 amide bonds. The fraction of sp³-hybridized carbons (Fsp3) is 0.167. The number of nitriles is 1. The Bertz CT molecular complexity index is 844. The molecule has 7 heteroatoms.